The number of hydrogen-bond donors (Lipinski definition) is 5. The fourth-order valence-corrected chi connectivity index (χ4v) is 0.559. The summed E-state index contributed by atoms with van der Waals surface area (Å²) >= 11 is 0. The molecule has 0 aliphatic carbocycles. The topological polar surface area (TPSA) is 110 Å². The molecule has 0 fully saturated rings. The van der Waals surface area contributed by atoms with Gasteiger partial charge in [0.1, 0.15) is 6.10 Å². The zero-order valence-electron chi connectivity index (χ0n) is 6.66. The number of aliphatic hydroxyl groups excluding tert-OH is 4. The van der Waals surface area contributed by atoms with Crippen molar-refractivity contribution in [3.05, 3.63) is 0 Å². The van der Waals surface area contributed by atoms with Crippen LogP contribution in [-0.4, -0.2) is 56.9 Å². The SMILES string of the molecule is CC(O)C(CO)OC(O)C(O)O. The molecule has 3 unspecified atom stereocenters. The normalized spacial score (nSPS) is 19.2. The van der Waals surface area contributed by atoms with Gasteiger partial charge in [0, 0.05) is 0 Å². The van der Waals surface area contributed by atoms with Crippen molar-refractivity contribution in [1.82, 2.24) is 0 Å². The van der Waals surface area contributed by atoms with Gasteiger partial charge in [0.05, 0.1) is 12.7 Å². The first-order valence-electron chi connectivity index (χ1n) is 3.47. The smallest absolute Gasteiger partial charge is 0.206 e. The molecule has 6 nitrogen and oxygen atoms in total. The zero-order chi connectivity index (χ0) is 9.72. The van der Waals surface area contributed by atoms with Crippen LogP contribution in [-0.2, 0) is 4.74 Å². The maximum absolute atomic E-state index is 8.88. The number of ether oxygens (including phenoxy) is 1. The molecule has 5 N–H and O–H groups in total. The first kappa shape index (κ1) is 11.8. The monoisotopic (exact) mass is 182 g/mol. The van der Waals surface area contributed by atoms with Gasteiger partial charge in [-0.2, -0.15) is 0 Å². The van der Waals surface area contributed by atoms with Crippen molar-refractivity contribution in [2.24, 2.45) is 0 Å². The highest BCUT2D eigenvalue weighted by molar-refractivity contribution is 4.63. The van der Waals surface area contributed by atoms with Crippen molar-refractivity contribution in [3.63, 3.8) is 0 Å². The lowest BCUT2D eigenvalue weighted by molar-refractivity contribution is -0.262. The molecule has 0 radical (unpaired) electrons. The average Bonchev–Trinajstić information content (AvgIpc) is 1.98. The molecular weight excluding hydrogens is 168 g/mol. The Balaban J connectivity index is 3.85. The lowest BCUT2D eigenvalue weighted by atomic mass is 10.2. The van der Waals surface area contributed by atoms with Crippen LogP contribution in [0.2, 0.25) is 0 Å². The maximum Gasteiger partial charge on any atom is 0.206 e. The van der Waals surface area contributed by atoms with Crippen LogP contribution < -0.4 is 0 Å². The van der Waals surface area contributed by atoms with Crippen LogP contribution in [0.15, 0.2) is 0 Å². The van der Waals surface area contributed by atoms with Gasteiger partial charge in [-0.25, -0.2) is 0 Å². The average molecular weight is 182 g/mol. The molecule has 0 aromatic heterocycles. The minimum Gasteiger partial charge on any atom is -0.394 e. The molecule has 0 heterocycles. The summed E-state index contributed by atoms with van der Waals surface area (Å²) in [4.78, 5) is 0. The lowest BCUT2D eigenvalue weighted by Gasteiger charge is -2.22. The van der Waals surface area contributed by atoms with Crippen molar-refractivity contribution in [2.45, 2.75) is 31.7 Å². The summed E-state index contributed by atoms with van der Waals surface area (Å²) in [6.45, 7) is 0.832. The van der Waals surface area contributed by atoms with Gasteiger partial charge < -0.3 is 30.3 Å². The Hall–Kier alpha value is -0.240. The van der Waals surface area contributed by atoms with Gasteiger partial charge in [0.2, 0.25) is 12.6 Å². The van der Waals surface area contributed by atoms with E-state index in [1.807, 2.05) is 0 Å². The highest BCUT2D eigenvalue weighted by atomic mass is 16.7. The summed E-state index contributed by atoms with van der Waals surface area (Å²) in [5, 5.41) is 42.9. The van der Waals surface area contributed by atoms with E-state index in [1.165, 1.54) is 6.92 Å². The van der Waals surface area contributed by atoms with Crippen LogP contribution in [0.25, 0.3) is 0 Å². The van der Waals surface area contributed by atoms with Gasteiger partial charge in [0.15, 0.2) is 0 Å². The van der Waals surface area contributed by atoms with Crippen LogP contribution in [0.5, 0.6) is 0 Å². The largest absolute Gasteiger partial charge is 0.394 e. The van der Waals surface area contributed by atoms with Crippen molar-refractivity contribution in [1.29, 1.82) is 0 Å². The fourth-order valence-electron chi connectivity index (χ4n) is 0.559. The summed E-state index contributed by atoms with van der Waals surface area (Å²) in [7, 11) is 0. The summed E-state index contributed by atoms with van der Waals surface area (Å²) in [6.07, 6.45) is -5.89. The summed E-state index contributed by atoms with van der Waals surface area (Å²) in [6, 6.07) is 0. The third-order valence-corrected chi connectivity index (χ3v) is 1.29. The number of aliphatic hydroxyl groups is 5. The second kappa shape index (κ2) is 5.41. The van der Waals surface area contributed by atoms with E-state index in [1.54, 1.807) is 0 Å². The summed E-state index contributed by atoms with van der Waals surface area (Å²) < 4.78 is 4.48. The molecule has 74 valence electrons. The Morgan fingerprint density at radius 2 is 1.67 bits per heavy atom. The highest BCUT2D eigenvalue weighted by Crippen LogP contribution is 2.03. The second-order valence-corrected chi connectivity index (χ2v) is 2.40. The van der Waals surface area contributed by atoms with Gasteiger partial charge in [-0.3, -0.25) is 0 Å². The zero-order valence-corrected chi connectivity index (χ0v) is 6.66. The van der Waals surface area contributed by atoms with E-state index in [4.69, 9.17) is 25.5 Å². The molecule has 0 rings (SSSR count). The number of rotatable bonds is 5. The molecular formula is C6H14O6. The Morgan fingerprint density at radius 3 is 1.92 bits per heavy atom. The molecule has 0 aliphatic rings. The van der Waals surface area contributed by atoms with E-state index in [2.05, 4.69) is 4.74 Å². The van der Waals surface area contributed by atoms with E-state index in [-0.39, 0.29) is 0 Å². The Kier molecular flexibility index (Phi) is 5.31. The second-order valence-electron chi connectivity index (χ2n) is 2.40. The minimum absolute atomic E-state index is 0.512. The van der Waals surface area contributed by atoms with Gasteiger partial charge >= 0.3 is 0 Å². The predicted octanol–water partition coefficient (Wildman–Crippen LogP) is -2.63. The molecule has 3 atom stereocenters. The Labute approximate surface area is 69.6 Å². The Morgan fingerprint density at radius 1 is 1.17 bits per heavy atom. The van der Waals surface area contributed by atoms with Gasteiger partial charge in [-0.1, -0.05) is 0 Å². The third-order valence-electron chi connectivity index (χ3n) is 1.29. The molecule has 0 bridgehead atoms. The van der Waals surface area contributed by atoms with E-state index >= 15 is 0 Å². The molecule has 6 heteroatoms. The first-order valence-corrected chi connectivity index (χ1v) is 3.47. The minimum atomic E-state index is -2.04. The number of hydrogen-bond acceptors (Lipinski definition) is 6. The summed E-state index contributed by atoms with van der Waals surface area (Å²) in [5.41, 5.74) is 0. The van der Waals surface area contributed by atoms with Crippen LogP contribution in [0.4, 0.5) is 0 Å². The molecule has 0 aromatic rings. The highest BCUT2D eigenvalue weighted by Gasteiger charge is 2.22. The predicted molar refractivity (Wildman–Crippen MR) is 37.9 cm³/mol. The molecule has 0 saturated heterocycles. The standard InChI is InChI=1S/C6H14O6/c1-3(8)4(2-7)12-6(11)5(9)10/h3-11H,2H2,1H3. The van der Waals surface area contributed by atoms with Gasteiger partial charge in [-0.15, -0.1) is 0 Å². The van der Waals surface area contributed by atoms with Crippen LogP contribution in [0, 0.1) is 0 Å². The van der Waals surface area contributed by atoms with Crippen molar-refractivity contribution in [3.8, 4) is 0 Å². The Bertz CT molecular complexity index is 115. The van der Waals surface area contributed by atoms with Crippen molar-refractivity contribution in [2.75, 3.05) is 6.61 Å². The molecule has 0 aromatic carbocycles. The third kappa shape index (κ3) is 3.96. The van der Waals surface area contributed by atoms with E-state index in [0.717, 1.165) is 0 Å². The van der Waals surface area contributed by atoms with Gasteiger partial charge in [0.25, 0.3) is 0 Å². The van der Waals surface area contributed by atoms with Crippen LogP contribution in [0.1, 0.15) is 6.92 Å². The van der Waals surface area contributed by atoms with E-state index < -0.39 is 31.4 Å². The van der Waals surface area contributed by atoms with Gasteiger partial charge in [-0.05, 0) is 6.92 Å². The van der Waals surface area contributed by atoms with E-state index in [9.17, 15) is 0 Å². The van der Waals surface area contributed by atoms with Crippen molar-refractivity contribution >= 4 is 0 Å². The quantitative estimate of drug-likeness (QED) is 0.298. The fraction of sp³-hybridized carbons (Fsp3) is 1.00. The van der Waals surface area contributed by atoms with Crippen LogP contribution in [0.3, 0.4) is 0 Å². The molecule has 0 spiro atoms. The molecule has 12 heavy (non-hydrogen) atoms. The molecule has 0 amide bonds. The van der Waals surface area contributed by atoms with Crippen LogP contribution >= 0.6 is 0 Å². The van der Waals surface area contributed by atoms with E-state index in [0.29, 0.717) is 0 Å². The maximum atomic E-state index is 8.88. The summed E-state index contributed by atoms with van der Waals surface area (Å²) in [5.74, 6) is 0. The molecule has 0 saturated carbocycles. The lowest BCUT2D eigenvalue weighted by Crippen LogP contribution is -2.39. The first-order chi connectivity index (χ1) is 5.49. The van der Waals surface area contributed by atoms with Crippen molar-refractivity contribution < 1.29 is 30.3 Å². The molecule has 0 aliphatic heterocycles.